The number of aromatic nitrogens is 1. The van der Waals surface area contributed by atoms with Crippen LogP contribution in [-0.2, 0) is 21.2 Å². The van der Waals surface area contributed by atoms with E-state index in [2.05, 4.69) is 29.0 Å². The van der Waals surface area contributed by atoms with Gasteiger partial charge in [-0.1, -0.05) is 19.9 Å². The molecule has 0 unspecified atom stereocenters. The van der Waals surface area contributed by atoms with E-state index < -0.39 is 15.1 Å². The molecule has 7 heteroatoms. The van der Waals surface area contributed by atoms with Crippen LogP contribution in [0.3, 0.4) is 0 Å². The molecule has 0 bridgehead atoms. The molecule has 2 aliphatic rings. The van der Waals surface area contributed by atoms with E-state index in [4.69, 9.17) is 0 Å². The number of likely N-dealkylation sites (tertiary alicyclic amines) is 1. The Morgan fingerprint density at radius 2 is 2.19 bits per heavy atom. The normalized spacial score (nSPS) is 28.0. The van der Waals surface area contributed by atoms with Crippen LogP contribution in [-0.4, -0.2) is 54.8 Å². The van der Waals surface area contributed by atoms with Crippen LogP contribution in [0.1, 0.15) is 32.3 Å². The standard InChI is InChI=1S/C19H29N3O3S/c1-14(2)5-8-22-12-17-16(6-9-26(24,25)18(17)13-22)19(23)21-11-15-4-3-7-20-10-15/h3-4,7,10,14,16-18H,5-6,8-9,11-13H2,1-2H3,(H,21,23)/t16-,17-,18-/m0/s1. The van der Waals surface area contributed by atoms with E-state index in [1.807, 2.05) is 12.1 Å². The summed E-state index contributed by atoms with van der Waals surface area (Å²) in [5.74, 6) is 0.383. The number of sulfone groups is 1. The Labute approximate surface area is 156 Å². The summed E-state index contributed by atoms with van der Waals surface area (Å²) in [7, 11) is -3.10. The zero-order chi connectivity index (χ0) is 18.7. The summed E-state index contributed by atoms with van der Waals surface area (Å²) in [6.07, 6.45) is 4.92. The van der Waals surface area contributed by atoms with Crippen molar-refractivity contribution in [3.8, 4) is 0 Å². The summed E-state index contributed by atoms with van der Waals surface area (Å²) in [4.78, 5) is 19.0. The SMILES string of the molecule is CC(C)CCN1C[C@H]2[C@@H](C(=O)NCc3cccnc3)CCS(=O)(=O)[C@H]2C1. The molecule has 1 aromatic heterocycles. The molecule has 144 valence electrons. The van der Waals surface area contributed by atoms with E-state index in [0.717, 1.165) is 18.5 Å². The molecule has 2 aliphatic heterocycles. The molecule has 2 saturated heterocycles. The largest absolute Gasteiger partial charge is 0.352 e. The van der Waals surface area contributed by atoms with E-state index >= 15 is 0 Å². The van der Waals surface area contributed by atoms with Crippen molar-refractivity contribution in [3.05, 3.63) is 30.1 Å². The topological polar surface area (TPSA) is 79.4 Å². The molecule has 0 aromatic carbocycles. The minimum Gasteiger partial charge on any atom is -0.352 e. The second-order valence-corrected chi connectivity index (χ2v) is 10.3. The van der Waals surface area contributed by atoms with E-state index in [-0.39, 0.29) is 23.5 Å². The maximum absolute atomic E-state index is 12.8. The van der Waals surface area contributed by atoms with Gasteiger partial charge >= 0.3 is 0 Å². The average Bonchev–Trinajstić information content (AvgIpc) is 3.04. The van der Waals surface area contributed by atoms with Crippen molar-refractivity contribution < 1.29 is 13.2 Å². The molecule has 1 N–H and O–H groups in total. The number of fused-ring (bicyclic) bond motifs is 1. The number of amides is 1. The molecule has 1 aromatic rings. The minimum absolute atomic E-state index is 0.0236. The van der Waals surface area contributed by atoms with Gasteiger partial charge in [-0.3, -0.25) is 9.78 Å². The van der Waals surface area contributed by atoms with Gasteiger partial charge in [-0.2, -0.15) is 0 Å². The Balaban J connectivity index is 1.65. The maximum atomic E-state index is 12.8. The molecule has 0 spiro atoms. The molecular formula is C19H29N3O3S. The van der Waals surface area contributed by atoms with Crippen molar-refractivity contribution in [2.45, 2.75) is 38.5 Å². The monoisotopic (exact) mass is 379 g/mol. The smallest absolute Gasteiger partial charge is 0.223 e. The molecule has 26 heavy (non-hydrogen) atoms. The van der Waals surface area contributed by atoms with Crippen molar-refractivity contribution in [3.63, 3.8) is 0 Å². The highest BCUT2D eigenvalue weighted by molar-refractivity contribution is 7.92. The zero-order valence-corrected chi connectivity index (χ0v) is 16.4. The molecule has 0 aliphatic carbocycles. The first-order valence-corrected chi connectivity index (χ1v) is 11.2. The van der Waals surface area contributed by atoms with Gasteiger partial charge in [0.2, 0.25) is 5.91 Å². The summed E-state index contributed by atoms with van der Waals surface area (Å²) in [5.41, 5.74) is 0.950. The van der Waals surface area contributed by atoms with Gasteiger partial charge in [0.1, 0.15) is 0 Å². The number of pyridine rings is 1. The Kier molecular flexibility index (Phi) is 5.97. The molecule has 3 heterocycles. The number of rotatable bonds is 6. The Bertz CT molecular complexity index is 721. The van der Waals surface area contributed by atoms with Crippen LogP contribution in [0.25, 0.3) is 0 Å². The van der Waals surface area contributed by atoms with Gasteiger partial charge in [-0.25, -0.2) is 8.42 Å². The van der Waals surface area contributed by atoms with Crippen LogP contribution < -0.4 is 5.32 Å². The predicted molar refractivity (Wildman–Crippen MR) is 101 cm³/mol. The lowest BCUT2D eigenvalue weighted by molar-refractivity contribution is -0.126. The number of carbonyl (C=O) groups is 1. The van der Waals surface area contributed by atoms with E-state index in [0.29, 0.717) is 32.0 Å². The number of hydrogen-bond acceptors (Lipinski definition) is 5. The average molecular weight is 380 g/mol. The molecular weight excluding hydrogens is 350 g/mol. The predicted octanol–water partition coefficient (Wildman–Crippen LogP) is 1.48. The molecule has 3 atom stereocenters. The minimum atomic E-state index is -3.10. The first-order chi connectivity index (χ1) is 12.4. The summed E-state index contributed by atoms with van der Waals surface area (Å²) in [5, 5.41) is 2.59. The third kappa shape index (κ3) is 4.43. The highest BCUT2D eigenvalue weighted by Crippen LogP contribution is 2.37. The van der Waals surface area contributed by atoms with Gasteiger partial charge < -0.3 is 10.2 Å². The Morgan fingerprint density at radius 1 is 1.38 bits per heavy atom. The lowest BCUT2D eigenvalue weighted by Crippen LogP contribution is -2.47. The van der Waals surface area contributed by atoms with E-state index in [9.17, 15) is 13.2 Å². The fourth-order valence-corrected chi connectivity index (χ4v) is 6.21. The number of nitrogens with one attached hydrogen (secondary N) is 1. The van der Waals surface area contributed by atoms with Crippen LogP contribution >= 0.6 is 0 Å². The van der Waals surface area contributed by atoms with Crippen LogP contribution in [0.2, 0.25) is 0 Å². The van der Waals surface area contributed by atoms with Gasteiger partial charge in [-0.05, 0) is 36.9 Å². The third-order valence-electron chi connectivity index (χ3n) is 5.63. The highest BCUT2D eigenvalue weighted by Gasteiger charge is 2.50. The van der Waals surface area contributed by atoms with Crippen molar-refractivity contribution in [1.82, 2.24) is 15.2 Å². The number of hydrogen-bond donors (Lipinski definition) is 1. The Morgan fingerprint density at radius 3 is 2.88 bits per heavy atom. The van der Waals surface area contributed by atoms with Crippen LogP contribution in [0, 0.1) is 17.8 Å². The summed E-state index contributed by atoms with van der Waals surface area (Å²) >= 11 is 0. The highest BCUT2D eigenvalue weighted by atomic mass is 32.2. The van der Waals surface area contributed by atoms with Crippen LogP contribution in [0.15, 0.2) is 24.5 Å². The van der Waals surface area contributed by atoms with Gasteiger partial charge in [0.05, 0.1) is 11.0 Å². The molecule has 3 rings (SSSR count). The fraction of sp³-hybridized carbons (Fsp3) is 0.684. The van der Waals surface area contributed by atoms with Gasteiger partial charge in [0, 0.05) is 43.9 Å². The first kappa shape index (κ1) is 19.3. The summed E-state index contributed by atoms with van der Waals surface area (Å²) in [6.45, 7) is 6.98. The number of nitrogens with zero attached hydrogens (tertiary/aromatic N) is 2. The van der Waals surface area contributed by atoms with Gasteiger partial charge in [0.15, 0.2) is 9.84 Å². The van der Waals surface area contributed by atoms with Crippen LogP contribution in [0.4, 0.5) is 0 Å². The molecule has 1 amide bonds. The second-order valence-electron chi connectivity index (χ2n) is 7.99. The van der Waals surface area contributed by atoms with Crippen molar-refractivity contribution in [2.75, 3.05) is 25.4 Å². The van der Waals surface area contributed by atoms with E-state index in [1.165, 1.54) is 0 Å². The van der Waals surface area contributed by atoms with Gasteiger partial charge in [0.25, 0.3) is 0 Å². The molecule has 2 fully saturated rings. The summed E-state index contributed by atoms with van der Waals surface area (Å²) < 4.78 is 25.1. The Hall–Kier alpha value is -1.47. The van der Waals surface area contributed by atoms with Crippen molar-refractivity contribution in [1.29, 1.82) is 0 Å². The third-order valence-corrected chi connectivity index (χ3v) is 7.85. The fourth-order valence-electron chi connectivity index (χ4n) is 4.07. The summed E-state index contributed by atoms with van der Waals surface area (Å²) in [6, 6.07) is 3.76. The quantitative estimate of drug-likeness (QED) is 0.810. The molecule has 0 radical (unpaired) electrons. The van der Waals surface area contributed by atoms with E-state index in [1.54, 1.807) is 12.4 Å². The van der Waals surface area contributed by atoms with Crippen molar-refractivity contribution >= 4 is 15.7 Å². The first-order valence-electron chi connectivity index (χ1n) is 9.47. The number of carbonyl (C=O) groups excluding carboxylic acids is 1. The lowest BCUT2D eigenvalue weighted by Gasteiger charge is -2.31. The van der Waals surface area contributed by atoms with Crippen LogP contribution in [0.5, 0.6) is 0 Å². The van der Waals surface area contributed by atoms with Crippen molar-refractivity contribution in [2.24, 2.45) is 17.8 Å². The maximum Gasteiger partial charge on any atom is 0.223 e. The molecule has 6 nitrogen and oxygen atoms in total. The molecule has 0 saturated carbocycles. The zero-order valence-electron chi connectivity index (χ0n) is 15.6. The second kappa shape index (κ2) is 8.05. The lowest BCUT2D eigenvalue weighted by atomic mass is 9.87. The van der Waals surface area contributed by atoms with Gasteiger partial charge in [-0.15, -0.1) is 0 Å².